The largest absolute Gasteiger partial charge is 0.496 e. The molecule has 2 saturated heterocycles. The first-order valence-electron chi connectivity index (χ1n) is 6.52. The minimum Gasteiger partial charge on any atom is -0.496 e. The maximum absolute atomic E-state index is 12.5. The van der Waals surface area contributed by atoms with E-state index in [-0.39, 0.29) is 5.91 Å². The second kappa shape index (κ2) is 5.13. The summed E-state index contributed by atoms with van der Waals surface area (Å²) in [6.45, 7) is 3.84. The third-order valence-corrected chi connectivity index (χ3v) is 4.70. The third-order valence-electron chi connectivity index (χ3n) is 4.08. The summed E-state index contributed by atoms with van der Waals surface area (Å²) in [5, 5.41) is 3.39. The van der Waals surface area contributed by atoms with E-state index < -0.39 is 0 Å². The van der Waals surface area contributed by atoms with E-state index in [2.05, 4.69) is 21.2 Å². The molecule has 2 fully saturated rings. The number of benzene rings is 1. The molecule has 0 radical (unpaired) electrons. The van der Waals surface area contributed by atoms with Crippen LogP contribution >= 0.6 is 15.9 Å². The molecule has 1 amide bonds. The molecule has 4 nitrogen and oxygen atoms in total. The molecule has 2 aliphatic heterocycles. The highest BCUT2D eigenvalue weighted by molar-refractivity contribution is 9.10. The highest BCUT2D eigenvalue weighted by atomic mass is 79.9. The van der Waals surface area contributed by atoms with Crippen LogP contribution in [-0.4, -0.2) is 44.1 Å². The predicted octanol–water partition coefficient (Wildman–Crippen LogP) is 1.75. The lowest BCUT2D eigenvalue weighted by Gasteiger charge is -2.18. The van der Waals surface area contributed by atoms with Crippen molar-refractivity contribution in [2.24, 2.45) is 11.8 Å². The molecule has 2 aliphatic rings. The van der Waals surface area contributed by atoms with Gasteiger partial charge in [0.1, 0.15) is 5.75 Å². The number of hydrogen-bond donors (Lipinski definition) is 1. The number of fused-ring (bicyclic) bond motifs is 1. The zero-order valence-corrected chi connectivity index (χ0v) is 12.4. The SMILES string of the molecule is COc1ccc(C(=O)N2CC3CNCC3C2)cc1Br. The van der Waals surface area contributed by atoms with Crippen LogP contribution in [0.4, 0.5) is 0 Å². The fourth-order valence-electron chi connectivity index (χ4n) is 3.00. The van der Waals surface area contributed by atoms with E-state index in [1.807, 2.05) is 23.1 Å². The van der Waals surface area contributed by atoms with E-state index in [4.69, 9.17) is 4.74 Å². The van der Waals surface area contributed by atoms with Crippen molar-refractivity contribution < 1.29 is 9.53 Å². The van der Waals surface area contributed by atoms with Gasteiger partial charge in [-0.2, -0.15) is 0 Å². The fraction of sp³-hybridized carbons (Fsp3) is 0.500. The van der Waals surface area contributed by atoms with Gasteiger partial charge in [0.05, 0.1) is 11.6 Å². The van der Waals surface area contributed by atoms with Crippen molar-refractivity contribution in [1.29, 1.82) is 0 Å². The molecule has 5 heteroatoms. The number of amides is 1. The van der Waals surface area contributed by atoms with Crippen LogP contribution in [0.15, 0.2) is 22.7 Å². The van der Waals surface area contributed by atoms with Crippen LogP contribution in [0.5, 0.6) is 5.75 Å². The van der Waals surface area contributed by atoms with E-state index >= 15 is 0 Å². The second-order valence-electron chi connectivity index (χ2n) is 5.24. The number of carbonyl (C=O) groups is 1. The van der Waals surface area contributed by atoms with Crippen LogP contribution in [0, 0.1) is 11.8 Å². The molecule has 1 aromatic carbocycles. The van der Waals surface area contributed by atoms with Gasteiger partial charge in [-0.1, -0.05) is 0 Å². The number of halogens is 1. The van der Waals surface area contributed by atoms with Crippen LogP contribution < -0.4 is 10.1 Å². The molecule has 1 N–H and O–H groups in total. The maximum Gasteiger partial charge on any atom is 0.253 e. The van der Waals surface area contributed by atoms with Crippen molar-refractivity contribution in [1.82, 2.24) is 10.2 Å². The molecule has 0 spiro atoms. The van der Waals surface area contributed by atoms with Gasteiger partial charge in [0, 0.05) is 31.7 Å². The molecule has 2 unspecified atom stereocenters. The van der Waals surface area contributed by atoms with Crippen LogP contribution in [0.1, 0.15) is 10.4 Å². The summed E-state index contributed by atoms with van der Waals surface area (Å²) in [6, 6.07) is 5.50. The number of methoxy groups -OCH3 is 1. The van der Waals surface area contributed by atoms with Gasteiger partial charge in [-0.3, -0.25) is 4.79 Å². The van der Waals surface area contributed by atoms with Crippen molar-refractivity contribution in [3.8, 4) is 5.75 Å². The molecular formula is C14H17BrN2O2. The minimum absolute atomic E-state index is 0.123. The lowest BCUT2D eigenvalue weighted by Crippen LogP contribution is -2.31. The highest BCUT2D eigenvalue weighted by Crippen LogP contribution is 2.30. The van der Waals surface area contributed by atoms with Gasteiger partial charge in [0.15, 0.2) is 0 Å². The van der Waals surface area contributed by atoms with Gasteiger partial charge in [-0.05, 0) is 46.0 Å². The lowest BCUT2D eigenvalue weighted by atomic mass is 10.0. The van der Waals surface area contributed by atoms with Gasteiger partial charge >= 0.3 is 0 Å². The first kappa shape index (κ1) is 12.9. The molecular weight excluding hydrogens is 308 g/mol. The number of hydrogen-bond acceptors (Lipinski definition) is 3. The zero-order valence-electron chi connectivity index (χ0n) is 10.9. The Morgan fingerprint density at radius 2 is 2.05 bits per heavy atom. The summed E-state index contributed by atoms with van der Waals surface area (Å²) in [5.74, 6) is 2.13. The van der Waals surface area contributed by atoms with E-state index in [0.717, 1.165) is 42.0 Å². The summed E-state index contributed by atoms with van der Waals surface area (Å²) in [7, 11) is 1.62. The zero-order chi connectivity index (χ0) is 13.4. The Morgan fingerprint density at radius 3 is 2.63 bits per heavy atom. The normalized spacial score (nSPS) is 25.5. The van der Waals surface area contributed by atoms with Crippen molar-refractivity contribution >= 4 is 21.8 Å². The summed E-state index contributed by atoms with van der Waals surface area (Å²) >= 11 is 3.43. The Kier molecular flexibility index (Phi) is 3.50. The lowest BCUT2D eigenvalue weighted by molar-refractivity contribution is 0.0781. The van der Waals surface area contributed by atoms with Crippen molar-refractivity contribution in [3.05, 3.63) is 28.2 Å². The Balaban J connectivity index is 1.75. The van der Waals surface area contributed by atoms with Crippen LogP contribution in [0.2, 0.25) is 0 Å². The quantitative estimate of drug-likeness (QED) is 0.901. The number of nitrogens with one attached hydrogen (secondary N) is 1. The van der Waals surface area contributed by atoms with Gasteiger partial charge in [0.2, 0.25) is 0 Å². The minimum atomic E-state index is 0.123. The molecule has 102 valence electrons. The number of carbonyl (C=O) groups excluding carboxylic acids is 1. The van der Waals surface area contributed by atoms with E-state index in [1.165, 1.54) is 0 Å². The summed E-state index contributed by atoms with van der Waals surface area (Å²) < 4.78 is 6.01. The van der Waals surface area contributed by atoms with E-state index in [9.17, 15) is 4.79 Å². The number of nitrogens with zero attached hydrogens (tertiary/aromatic N) is 1. The molecule has 0 aromatic heterocycles. The Bertz CT molecular complexity index is 494. The van der Waals surface area contributed by atoms with Crippen molar-refractivity contribution in [3.63, 3.8) is 0 Å². The Labute approximate surface area is 121 Å². The molecule has 0 saturated carbocycles. The fourth-order valence-corrected chi connectivity index (χ4v) is 3.54. The monoisotopic (exact) mass is 324 g/mol. The molecule has 2 heterocycles. The van der Waals surface area contributed by atoms with Crippen LogP contribution in [-0.2, 0) is 0 Å². The molecule has 19 heavy (non-hydrogen) atoms. The Morgan fingerprint density at radius 1 is 1.37 bits per heavy atom. The summed E-state index contributed by atoms with van der Waals surface area (Å²) in [6.07, 6.45) is 0. The number of rotatable bonds is 2. The first-order valence-corrected chi connectivity index (χ1v) is 7.32. The average Bonchev–Trinajstić information content (AvgIpc) is 2.98. The van der Waals surface area contributed by atoms with E-state index in [1.54, 1.807) is 7.11 Å². The van der Waals surface area contributed by atoms with Crippen LogP contribution in [0.25, 0.3) is 0 Å². The number of ether oxygens (including phenoxy) is 1. The summed E-state index contributed by atoms with van der Waals surface area (Å²) in [5.41, 5.74) is 0.723. The topological polar surface area (TPSA) is 41.6 Å². The second-order valence-corrected chi connectivity index (χ2v) is 6.09. The van der Waals surface area contributed by atoms with Crippen molar-refractivity contribution in [2.75, 3.05) is 33.3 Å². The first-order chi connectivity index (χ1) is 9.19. The van der Waals surface area contributed by atoms with Gasteiger partial charge in [-0.25, -0.2) is 0 Å². The number of likely N-dealkylation sites (tertiary alicyclic amines) is 1. The molecule has 0 aliphatic carbocycles. The average molecular weight is 325 g/mol. The van der Waals surface area contributed by atoms with Gasteiger partial charge in [-0.15, -0.1) is 0 Å². The molecule has 0 bridgehead atoms. The predicted molar refractivity (Wildman–Crippen MR) is 76.4 cm³/mol. The smallest absolute Gasteiger partial charge is 0.253 e. The summed E-state index contributed by atoms with van der Waals surface area (Å²) in [4.78, 5) is 14.5. The highest BCUT2D eigenvalue weighted by Gasteiger charge is 2.38. The molecule has 2 atom stereocenters. The van der Waals surface area contributed by atoms with Gasteiger partial charge in [0.25, 0.3) is 5.91 Å². The third kappa shape index (κ3) is 2.37. The standard InChI is InChI=1S/C14H17BrN2O2/c1-19-13-3-2-9(4-12(13)15)14(18)17-7-10-5-16-6-11(10)8-17/h2-4,10-11,16H,5-8H2,1H3. The Hall–Kier alpha value is -1.07. The molecule has 3 rings (SSSR count). The maximum atomic E-state index is 12.5. The molecule has 1 aromatic rings. The van der Waals surface area contributed by atoms with Crippen LogP contribution in [0.3, 0.4) is 0 Å². The van der Waals surface area contributed by atoms with Crippen molar-refractivity contribution in [2.45, 2.75) is 0 Å². The van der Waals surface area contributed by atoms with Gasteiger partial charge < -0.3 is 15.0 Å². The van der Waals surface area contributed by atoms with E-state index in [0.29, 0.717) is 11.8 Å².